The van der Waals surface area contributed by atoms with Crippen molar-refractivity contribution in [1.29, 1.82) is 0 Å². The maximum absolute atomic E-state index is 14.5. The summed E-state index contributed by atoms with van der Waals surface area (Å²) in [7, 11) is -5.59. The number of hydrogen-bond donors (Lipinski definition) is 4. The number of sulfonamides is 2. The Labute approximate surface area is 221 Å². The summed E-state index contributed by atoms with van der Waals surface area (Å²) in [5, 5.41) is 12.2. The van der Waals surface area contributed by atoms with Gasteiger partial charge in [0.25, 0.3) is 0 Å². The van der Waals surface area contributed by atoms with Crippen LogP contribution >= 0.6 is 0 Å². The third-order valence-electron chi connectivity index (χ3n) is 6.11. The van der Waals surface area contributed by atoms with Crippen molar-refractivity contribution in [2.45, 2.75) is 37.1 Å². The van der Waals surface area contributed by atoms with Crippen LogP contribution in [-0.2, 0) is 20.0 Å². The Morgan fingerprint density at radius 3 is 2.61 bits per heavy atom. The van der Waals surface area contributed by atoms with Gasteiger partial charge in [-0.05, 0) is 81.7 Å². The highest BCUT2D eigenvalue weighted by Crippen LogP contribution is 2.24. The van der Waals surface area contributed by atoms with E-state index in [0.717, 1.165) is 32.1 Å². The summed E-state index contributed by atoms with van der Waals surface area (Å²) in [4.78, 5) is 10.2. The molecule has 0 atom stereocenters. The van der Waals surface area contributed by atoms with Crippen LogP contribution in [0.3, 0.4) is 0 Å². The molecule has 38 heavy (non-hydrogen) atoms. The molecule has 4 rings (SSSR count). The summed E-state index contributed by atoms with van der Waals surface area (Å²) in [5.74, 6) is -0.864. The molecular weight excluding hydrogens is 533 g/mol. The van der Waals surface area contributed by atoms with Crippen LogP contribution in [0.25, 0.3) is 0 Å². The van der Waals surface area contributed by atoms with E-state index in [2.05, 4.69) is 30.2 Å². The Morgan fingerprint density at radius 1 is 1.16 bits per heavy atom. The maximum Gasteiger partial charge on any atom is 0.238 e. The largest absolute Gasteiger partial charge is 0.338 e. The molecule has 2 aliphatic rings. The molecular formula is C24H30FN7O4S2. The second kappa shape index (κ2) is 11.3. The van der Waals surface area contributed by atoms with Crippen molar-refractivity contribution in [2.24, 2.45) is 5.14 Å². The van der Waals surface area contributed by atoms with E-state index in [1.807, 2.05) is 7.05 Å². The van der Waals surface area contributed by atoms with E-state index in [1.165, 1.54) is 11.5 Å². The van der Waals surface area contributed by atoms with Crippen molar-refractivity contribution in [2.75, 3.05) is 30.8 Å². The number of allylic oxidation sites excluding steroid dienone is 4. The molecule has 1 fully saturated rings. The molecule has 204 valence electrons. The summed E-state index contributed by atoms with van der Waals surface area (Å²) < 4.78 is 66.2. The molecule has 14 heteroatoms. The van der Waals surface area contributed by atoms with Gasteiger partial charge in [0.05, 0.1) is 11.1 Å². The Balaban J connectivity index is 1.49. The molecule has 5 N–H and O–H groups in total. The van der Waals surface area contributed by atoms with Gasteiger partial charge in [-0.2, -0.15) is 4.98 Å². The number of aromatic nitrogens is 2. The topological polar surface area (TPSA) is 159 Å². The van der Waals surface area contributed by atoms with Crippen molar-refractivity contribution >= 4 is 37.5 Å². The molecule has 0 saturated carbocycles. The summed E-state index contributed by atoms with van der Waals surface area (Å²) in [5.41, 5.74) is 1.79. The molecule has 1 aliphatic carbocycles. The molecule has 0 amide bonds. The minimum Gasteiger partial charge on any atom is -0.338 e. The minimum atomic E-state index is -3.93. The van der Waals surface area contributed by atoms with Crippen LogP contribution in [-0.4, -0.2) is 57.9 Å². The van der Waals surface area contributed by atoms with Crippen LogP contribution in [0.2, 0.25) is 0 Å². The first-order valence-corrected chi connectivity index (χ1v) is 15.0. The van der Waals surface area contributed by atoms with Crippen LogP contribution in [0, 0.1) is 12.7 Å². The lowest BCUT2D eigenvalue weighted by Gasteiger charge is -2.28. The van der Waals surface area contributed by atoms with Gasteiger partial charge in [0.15, 0.2) is 11.6 Å². The third-order valence-corrected chi connectivity index (χ3v) is 8.43. The lowest BCUT2D eigenvalue weighted by atomic mass is 10.1. The number of benzene rings is 1. The molecule has 0 radical (unpaired) electrons. The number of aryl methyl sites for hydroxylation is 1. The van der Waals surface area contributed by atoms with Gasteiger partial charge in [0.2, 0.25) is 26.0 Å². The van der Waals surface area contributed by atoms with E-state index in [4.69, 9.17) is 5.14 Å². The Morgan fingerprint density at radius 2 is 1.89 bits per heavy atom. The predicted octanol–water partition coefficient (Wildman–Crippen LogP) is 2.47. The molecule has 1 aromatic carbocycles. The van der Waals surface area contributed by atoms with Crippen LogP contribution in [0.4, 0.5) is 21.8 Å². The molecule has 11 nitrogen and oxygen atoms in total. The fraction of sp³-hybridized carbons (Fsp3) is 0.333. The lowest BCUT2D eigenvalue weighted by Crippen LogP contribution is -2.42. The Bertz CT molecular complexity index is 1510. The van der Waals surface area contributed by atoms with E-state index in [-0.39, 0.29) is 22.7 Å². The zero-order valence-electron chi connectivity index (χ0n) is 21.0. The minimum absolute atomic E-state index is 0.0131. The number of anilines is 3. The van der Waals surface area contributed by atoms with Crippen LogP contribution in [0.5, 0.6) is 0 Å². The molecule has 0 unspecified atom stereocenters. The number of primary sulfonamides is 1. The Hall–Kier alpha value is -3.17. The van der Waals surface area contributed by atoms with Gasteiger partial charge >= 0.3 is 0 Å². The highest BCUT2D eigenvalue weighted by Gasteiger charge is 2.21. The van der Waals surface area contributed by atoms with Gasteiger partial charge in [0.1, 0.15) is 0 Å². The van der Waals surface area contributed by atoms with Gasteiger partial charge in [0, 0.05) is 22.8 Å². The average molecular weight is 564 g/mol. The fourth-order valence-corrected chi connectivity index (χ4v) is 6.29. The van der Waals surface area contributed by atoms with Gasteiger partial charge in [-0.3, -0.25) is 0 Å². The molecule has 0 bridgehead atoms. The number of nitrogens with one attached hydrogen (secondary N) is 3. The van der Waals surface area contributed by atoms with Crippen LogP contribution in [0.15, 0.2) is 64.2 Å². The Kier molecular flexibility index (Phi) is 8.28. The SMILES string of the molecule is Cc1ccc(Nc2ncc(F)c(NC3=CC(=CS(=O)(=O)NC4CCN(C)CC4)CC=C3)n2)cc1S(N)(=O)=O. The van der Waals surface area contributed by atoms with Crippen molar-refractivity contribution in [3.63, 3.8) is 0 Å². The standard InChI is InChI=1S/C24H30FN7O4S2/c1-16-6-7-20(13-22(16)38(26,35)36)29-24-27-14-21(25)23(30-24)28-19-5-3-4-17(12-19)15-37(33,34)31-18-8-10-32(2)11-9-18/h3,5-7,12-15,18,31H,4,8-11H2,1-2H3,(H2,26,35,36)(H2,27,28,29,30). The second-order valence-corrected chi connectivity index (χ2v) is 12.4. The number of hydrogen-bond acceptors (Lipinski definition) is 9. The van der Waals surface area contributed by atoms with Crippen molar-refractivity contribution in [1.82, 2.24) is 19.6 Å². The molecule has 1 saturated heterocycles. The van der Waals surface area contributed by atoms with Crippen LogP contribution < -0.4 is 20.5 Å². The van der Waals surface area contributed by atoms with E-state index in [1.54, 1.807) is 37.3 Å². The highest BCUT2D eigenvalue weighted by atomic mass is 32.2. The first kappa shape index (κ1) is 27.9. The number of nitrogens with zero attached hydrogens (tertiary/aromatic N) is 3. The number of rotatable bonds is 8. The van der Waals surface area contributed by atoms with Crippen molar-refractivity contribution < 1.29 is 21.2 Å². The average Bonchev–Trinajstić information content (AvgIpc) is 2.83. The normalized spacial score (nSPS) is 18.4. The zero-order valence-corrected chi connectivity index (χ0v) is 22.6. The molecule has 2 aromatic rings. The maximum atomic E-state index is 14.5. The molecule has 1 aliphatic heterocycles. The number of halogens is 1. The highest BCUT2D eigenvalue weighted by molar-refractivity contribution is 7.92. The second-order valence-electron chi connectivity index (χ2n) is 9.30. The van der Waals surface area contributed by atoms with Gasteiger partial charge in [-0.15, -0.1) is 0 Å². The lowest BCUT2D eigenvalue weighted by molar-refractivity contribution is 0.248. The first-order valence-electron chi connectivity index (χ1n) is 11.9. The van der Waals surface area contributed by atoms with Crippen molar-refractivity contribution in [3.8, 4) is 0 Å². The van der Waals surface area contributed by atoms with E-state index in [9.17, 15) is 21.2 Å². The zero-order chi connectivity index (χ0) is 27.5. The number of nitrogens with two attached hydrogens (primary N) is 1. The molecule has 2 heterocycles. The fourth-order valence-electron chi connectivity index (χ4n) is 4.15. The summed E-state index contributed by atoms with van der Waals surface area (Å²) in [6.45, 7) is 3.28. The summed E-state index contributed by atoms with van der Waals surface area (Å²) in [6, 6.07) is 4.43. The quantitative estimate of drug-likeness (QED) is 0.378. The summed E-state index contributed by atoms with van der Waals surface area (Å²) in [6.07, 6.45) is 7.93. The van der Waals surface area contributed by atoms with Crippen LogP contribution in [0.1, 0.15) is 24.8 Å². The number of piperidine rings is 1. The van der Waals surface area contributed by atoms with Gasteiger partial charge < -0.3 is 15.5 Å². The smallest absolute Gasteiger partial charge is 0.238 e. The van der Waals surface area contributed by atoms with Gasteiger partial charge in [-0.25, -0.2) is 36.1 Å². The first-order chi connectivity index (χ1) is 17.9. The molecule has 1 aromatic heterocycles. The molecule has 0 spiro atoms. The number of likely N-dealkylation sites (tertiary alicyclic amines) is 1. The monoisotopic (exact) mass is 563 g/mol. The summed E-state index contributed by atoms with van der Waals surface area (Å²) >= 11 is 0. The van der Waals surface area contributed by atoms with Gasteiger partial charge in [-0.1, -0.05) is 12.1 Å². The van der Waals surface area contributed by atoms with E-state index >= 15 is 0 Å². The third kappa shape index (κ3) is 7.45. The van der Waals surface area contributed by atoms with E-state index in [0.29, 0.717) is 28.9 Å². The van der Waals surface area contributed by atoms with Crippen molar-refractivity contribution in [3.05, 3.63) is 70.7 Å². The van der Waals surface area contributed by atoms with E-state index < -0.39 is 25.9 Å². The predicted molar refractivity (Wildman–Crippen MR) is 144 cm³/mol.